The Hall–Kier alpha value is -1.72. The summed E-state index contributed by atoms with van der Waals surface area (Å²) >= 11 is 1.31. The second-order valence-corrected chi connectivity index (χ2v) is 9.29. The summed E-state index contributed by atoms with van der Waals surface area (Å²) in [5.41, 5.74) is -0.969. The largest absolute Gasteiger partial charge is 0.416 e. The van der Waals surface area contributed by atoms with Gasteiger partial charge >= 0.3 is 6.18 Å². The van der Waals surface area contributed by atoms with Crippen LogP contribution < -0.4 is 4.90 Å². The van der Waals surface area contributed by atoms with Crippen molar-refractivity contribution in [3.8, 4) is 0 Å². The van der Waals surface area contributed by atoms with Crippen molar-refractivity contribution in [2.45, 2.75) is 29.8 Å². The Labute approximate surface area is 158 Å². The van der Waals surface area contributed by atoms with Crippen LogP contribution in [0.4, 0.5) is 18.3 Å². The molecule has 0 radical (unpaired) electrons. The zero-order chi connectivity index (χ0) is 19.2. The minimum absolute atomic E-state index is 0.191. The molecule has 1 aromatic carbocycles. The molecule has 11 heteroatoms. The van der Waals surface area contributed by atoms with Crippen LogP contribution in [-0.2, 0) is 16.2 Å². The summed E-state index contributed by atoms with van der Waals surface area (Å²) < 4.78 is 69.6. The van der Waals surface area contributed by atoms with Gasteiger partial charge in [-0.15, -0.1) is 0 Å². The molecule has 1 aromatic heterocycles. The van der Waals surface area contributed by atoms with E-state index in [1.54, 1.807) is 0 Å². The molecule has 1 aliphatic heterocycles. The lowest BCUT2D eigenvalue weighted by Crippen LogP contribution is -2.48. The van der Waals surface area contributed by atoms with Gasteiger partial charge in [-0.2, -0.15) is 21.9 Å². The molecule has 146 valence electrons. The molecule has 0 spiro atoms. The molecular weight excluding hydrogens is 401 g/mol. The van der Waals surface area contributed by atoms with Gasteiger partial charge in [-0.05, 0) is 31.0 Å². The number of sulfonamides is 1. The van der Waals surface area contributed by atoms with Crippen LogP contribution >= 0.6 is 11.5 Å². The molecule has 0 amide bonds. The normalized spacial score (nSPS) is 19.4. The van der Waals surface area contributed by atoms with Crippen LogP contribution in [-0.4, -0.2) is 48.3 Å². The number of piperazine rings is 1. The number of alkyl halides is 3. The first-order chi connectivity index (χ1) is 12.7. The van der Waals surface area contributed by atoms with Gasteiger partial charge in [0.25, 0.3) is 0 Å². The summed E-state index contributed by atoms with van der Waals surface area (Å²) in [4.78, 5) is 6.16. The Bertz CT molecular complexity index is 933. The molecule has 27 heavy (non-hydrogen) atoms. The Kier molecular flexibility index (Phi) is 4.63. The Morgan fingerprint density at radius 3 is 2.44 bits per heavy atom. The van der Waals surface area contributed by atoms with E-state index >= 15 is 0 Å². The lowest BCUT2D eigenvalue weighted by molar-refractivity contribution is -0.137. The fourth-order valence-electron chi connectivity index (χ4n) is 2.96. The molecule has 0 N–H and O–H groups in total. The van der Waals surface area contributed by atoms with Crippen LogP contribution in [0.25, 0.3) is 0 Å². The molecule has 4 rings (SSSR count). The molecule has 1 saturated heterocycles. The van der Waals surface area contributed by atoms with Crippen molar-refractivity contribution in [3.05, 3.63) is 35.7 Å². The van der Waals surface area contributed by atoms with Crippen LogP contribution in [0.2, 0.25) is 0 Å². The summed E-state index contributed by atoms with van der Waals surface area (Å²) in [5.74, 6) is 1.31. The van der Waals surface area contributed by atoms with E-state index in [-0.39, 0.29) is 18.0 Å². The van der Waals surface area contributed by atoms with Gasteiger partial charge in [0, 0.05) is 43.6 Å². The van der Waals surface area contributed by atoms with Crippen LogP contribution in [0.5, 0.6) is 0 Å². The highest BCUT2D eigenvalue weighted by atomic mass is 32.2. The minimum Gasteiger partial charge on any atom is -0.344 e. The van der Waals surface area contributed by atoms with Crippen molar-refractivity contribution in [3.63, 3.8) is 0 Å². The van der Waals surface area contributed by atoms with Crippen molar-refractivity contribution in [2.75, 3.05) is 31.1 Å². The predicted molar refractivity (Wildman–Crippen MR) is 94.3 cm³/mol. The highest BCUT2D eigenvalue weighted by molar-refractivity contribution is 7.89. The average molecular weight is 418 g/mol. The lowest BCUT2D eigenvalue weighted by atomic mass is 10.2. The summed E-state index contributed by atoms with van der Waals surface area (Å²) in [6.45, 7) is 1.24. The zero-order valence-electron chi connectivity index (χ0n) is 14.2. The number of rotatable bonds is 4. The fourth-order valence-corrected chi connectivity index (χ4v) is 5.23. The molecule has 0 bridgehead atoms. The first kappa shape index (κ1) is 18.6. The average Bonchev–Trinajstić information content (AvgIpc) is 3.38. The Morgan fingerprint density at radius 2 is 1.81 bits per heavy atom. The van der Waals surface area contributed by atoms with Crippen LogP contribution in [0, 0.1) is 0 Å². The molecule has 1 aliphatic carbocycles. The first-order valence-corrected chi connectivity index (χ1v) is 10.7. The molecule has 0 unspecified atom stereocenters. The molecule has 2 aliphatic rings. The summed E-state index contributed by atoms with van der Waals surface area (Å²) in [6.07, 6.45) is -2.36. The molecule has 2 aromatic rings. The van der Waals surface area contributed by atoms with E-state index in [2.05, 4.69) is 9.36 Å². The molecule has 2 heterocycles. The van der Waals surface area contributed by atoms with Gasteiger partial charge in [-0.25, -0.2) is 13.4 Å². The van der Waals surface area contributed by atoms with Gasteiger partial charge in [-0.3, -0.25) is 0 Å². The van der Waals surface area contributed by atoms with E-state index in [4.69, 9.17) is 0 Å². The second kappa shape index (κ2) is 6.71. The maximum absolute atomic E-state index is 12.9. The van der Waals surface area contributed by atoms with E-state index in [1.165, 1.54) is 21.9 Å². The minimum atomic E-state index is -4.58. The van der Waals surface area contributed by atoms with E-state index in [0.29, 0.717) is 25.1 Å². The van der Waals surface area contributed by atoms with Gasteiger partial charge in [0.15, 0.2) is 0 Å². The van der Waals surface area contributed by atoms with E-state index in [0.717, 1.165) is 35.9 Å². The molecule has 2 fully saturated rings. The van der Waals surface area contributed by atoms with E-state index < -0.39 is 21.8 Å². The highest BCUT2D eigenvalue weighted by Crippen LogP contribution is 2.40. The third kappa shape index (κ3) is 3.81. The quantitative estimate of drug-likeness (QED) is 0.764. The SMILES string of the molecule is O=S(=O)(c1cccc(C(F)(F)F)c1)N1CCN(c2nc(C3CC3)ns2)CC1. The van der Waals surface area contributed by atoms with Gasteiger partial charge in [0.2, 0.25) is 15.2 Å². The second-order valence-electron chi connectivity index (χ2n) is 6.63. The maximum Gasteiger partial charge on any atom is 0.416 e. The third-order valence-corrected chi connectivity index (χ3v) is 7.37. The smallest absolute Gasteiger partial charge is 0.344 e. The van der Waals surface area contributed by atoms with E-state index in [1.807, 2.05) is 4.90 Å². The Balaban J connectivity index is 1.46. The standard InChI is InChI=1S/C16H17F3N4O2S2/c17-16(18,19)12-2-1-3-13(10-12)27(24,25)23-8-6-22(7-9-23)15-20-14(21-26-15)11-4-5-11/h1-3,10-11H,4-9H2. The van der Waals surface area contributed by atoms with Gasteiger partial charge in [0.05, 0.1) is 10.5 Å². The number of hydrogen-bond donors (Lipinski definition) is 0. The van der Waals surface area contributed by atoms with Crippen molar-refractivity contribution < 1.29 is 21.6 Å². The first-order valence-electron chi connectivity index (χ1n) is 8.51. The predicted octanol–water partition coefficient (Wildman–Crippen LogP) is 2.95. The number of benzene rings is 1. The molecule has 0 atom stereocenters. The summed E-state index contributed by atoms with van der Waals surface area (Å²) in [6, 6.07) is 3.87. The van der Waals surface area contributed by atoms with Gasteiger partial charge in [0.1, 0.15) is 5.82 Å². The fraction of sp³-hybridized carbons (Fsp3) is 0.500. The lowest BCUT2D eigenvalue weighted by Gasteiger charge is -2.33. The van der Waals surface area contributed by atoms with Gasteiger partial charge < -0.3 is 4.90 Å². The van der Waals surface area contributed by atoms with Gasteiger partial charge in [-0.1, -0.05) is 6.07 Å². The van der Waals surface area contributed by atoms with Crippen molar-refractivity contribution in [1.82, 2.24) is 13.7 Å². The van der Waals surface area contributed by atoms with Crippen LogP contribution in [0.15, 0.2) is 29.2 Å². The van der Waals surface area contributed by atoms with Crippen molar-refractivity contribution in [2.24, 2.45) is 0 Å². The molecule has 1 saturated carbocycles. The van der Waals surface area contributed by atoms with Crippen molar-refractivity contribution in [1.29, 1.82) is 0 Å². The highest BCUT2D eigenvalue weighted by Gasteiger charge is 2.34. The maximum atomic E-state index is 12.9. The number of halogens is 3. The molecule has 6 nitrogen and oxygen atoms in total. The number of anilines is 1. The third-order valence-electron chi connectivity index (χ3n) is 4.68. The molecular formula is C16H17F3N4O2S2. The monoisotopic (exact) mass is 418 g/mol. The summed E-state index contributed by atoms with van der Waals surface area (Å²) in [5, 5.41) is 0.771. The summed E-state index contributed by atoms with van der Waals surface area (Å²) in [7, 11) is -3.97. The topological polar surface area (TPSA) is 66.4 Å². The number of aromatic nitrogens is 2. The number of hydrogen-bond acceptors (Lipinski definition) is 6. The van der Waals surface area contributed by atoms with Crippen molar-refractivity contribution >= 4 is 26.7 Å². The van der Waals surface area contributed by atoms with Crippen LogP contribution in [0.1, 0.15) is 30.1 Å². The Morgan fingerprint density at radius 1 is 1.11 bits per heavy atom. The number of nitrogens with zero attached hydrogens (tertiary/aromatic N) is 4. The van der Waals surface area contributed by atoms with Crippen LogP contribution in [0.3, 0.4) is 0 Å². The van der Waals surface area contributed by atoms with E-state index in [9.17, 15) is 21.6 Å². The zero-order valence-corrected chi connectivity index (χ0v) is 15.8.